The van der Waals surface area contributed by atoms with Crippen molar-refractivity contribution in [1.82, 2.24) is 14.9 Å². The standard InChI is InChI=1S/C17H15N5O/c18-12-5-6-14-13(7-12)15(21-17(19)20-14)16(23)22-8-10-3-1-2-4-11(10)9-22/h1-7H,8-9,18H2,(H2,19,20,21). The van der Waals surface area contributed by atoms with E-state index in [2.05, 4.69) is 9.97 Å². The minimum Gasteiger partial charge on any atom is -0.399 e. The number of anilines is 2. The third-order valence-corrected chi connectivity index (χ3v) is 4.07. The number of nitrogens with zero attached hydrogens (tertiary/aromatic N) is 3. The van der Waals surface area contributed by atoms with Crippen molar-refractivity contribution in [1.29, 1.82) is 0 Å². The summed E-state index contributed by atoms with van der Waals surface area (Å²) in [4.78, 5) is 23.0. The van der Waals surface area contributed by atoms with Crippen molar-refractivity contribution in [3.05, 3.63) is 59.3 Å². The van der Waals surface area contributed by atoms with E-state index in [1.807, 2.05) is 24.3 Å². The van der Waals surface area contributed by atoms with Crippen LogP contribution in [0, 0.1) is 0 Å². The van der Waals surface area contributed by atoms with Gasteiger partial charge in [0.15, 0.2) is 0 Å². The third-order valence-electron chi connectivity index (χ3n) is 4.07. The number of nitrogens with two attached hydrogens (primary N) is 2. The molecule has 6 heteroatoms. The Kier molecular flexibility index (Phi) is 2.90. The zero-order valence-corrected chi connectivity index (χ0v) is 12.4. The van der Waals surface area contributed by atoms with E-state index in [0.29, 0.717) is 35.4 Å². The summed E-state index contributed by atoms with van der Waals surface area (Å²) in [6.45, 7) is 1.14. The highest BCUT2D eigenvalue weighted by Gasteiger charge is 2.26. The molecule has 0 atom stereocenters. The molecule has 6 nitrogen and oxygen atoms in total. The molecule has 3 aromatic rings. The average molecular weight is 305 g/mol. The maximum Gasteiger partial charge on any atom is 0.273 e. The number of benzene rings is 2. The van der Waals surface area contributed by atoms with Crippen LogP contribution in [0.2, 0.25) is 0 Å². The van der Waals surface area contributed by atoms with Crippen LogP contribution < -0.4 is 11.5 Å². The van der Waals surface area contributed by atoms with Gasteiger partial charge in [-0.3, -0.25) is 4.79 Å². The van der Waals surface area contributed by atoms with E-state index in [1.165, 1.54) is 0 Å². The Morgan fingerprint density at radius 3 is 2.39 bits per heavy atom. The van der Waals surface area contributed by atoms with E-state index in [1.54, 1.807) is 23.1 Å². The van der Waals surface area contributed by atoms with Crippen LogP contribution >= 0.6 is 0 Å². The predicted octanol–water partition coefficient (Wildman–Crippen LogP) is 1.95. The zero-order chi connectivity index (χ0) is 16.0. The van der Waals surface area contributed by atoms with Gasteiger partial charge in [0.25, 0.3) is 5.91 Å². The monoisotopic (exact) mass is 305 g/mol. The van der Waals surface area contributed by atoms with Gasteiger partial charge in [0.1, 0.15) is 5.69 Å². The number of amides is 1. The second-order valence-electron chi connectivity index (χ2n) is 5.64. The molecule has 23 heavy (non-hydrogen) atoms. The van der Waals surface area contributed by atoms with Gasteiger partial charge in [0.2, 0.25) is 5.95 Å². The second-order valence-corrected chi connectivity index (χ2v) is 5.64. The first-order valence-corrected chi connectivity index (χ1v) is 7.30. The summed E-state index contributed by atoms with van der Waals surface area (Å²) in [6, 6.07) is 13.2. The molecule has 0 bridgehead atoms. The van der Waals surface area contributed by atoms with Crippen LogP contribution in [0.1, 0.15) is 21.6 Å². The van der Waals surface area contributed by atoms with Gasteiger partial charge in [0.05, 0.1) is 5.52 Å². The van der Waals surface area contributed by atoms with Crippen molar-refractivity contribution >= 4 is 28.4 Å². The molecule has 0 saturated carbocycles. The molecule has 4 N–H and O–H groups in total. The summed E-state index contributed by atoms with van der Waals surface area (Å²) in [6.07, 6.45) is 0. The molecule has 1 aliphatic heterocycles. The molecule has 1 aromatic heterocycles. The van der Waals surface area contributed by atoms with E-state index in [-0.39, 0.29) is 11.9 Å². The first-order valence-electron chi connectivity index (χ1n) is 7.30. The molecule has 0 unspecified atom stereocenters. The Hall–Kier alpha value is -3.15. The number of hydrogen-bond donors (Lipinski definition) is 2. The van der Waals surface area contributed by atoms with Crippen LogP contribution in [0.3, 0.4) is 0 Å². The maximum atomic E-state index is 12.9. The predicted molar refractivity (Wildman–Crippen MR) is 88.4 cm³/mol. The minimum atomic E-state index is -0.161. The van der Waals surface area contributed by atoms with Gasteiger partial charge in [-0.2, -0.15) is 0 Å². The summed E-state index contributed by atoms with van der Waals surface area (Å²) in [5.74, 6) is -0.0757. The Morgan fingerprint density at radius 1 is 1.00 bits per heavy atom. The van der Waals surface area contributed by atoms with Crippen LogP contribution in [0.15, 0.2) is 42.5 Å². The number of nitrogen functional groups attached to an aromatic ring is 2. The highest BCUT2D eigenvalue weighted by Crippen LogP contribution is 2.26. The fourth-order valence-corrected chi connectivity index (χ4v) is 2.95. The van der Waals surface area contributed by atoms with E-state index >= 15 is 0 Å². The van der Waals surface area contributed by atoms with Gasteiger partial charge in [-0.15, -0.1) is 0 Å². The van der Waals surface area contributed by atoms with Crippen molar-refractivity contribution in [3.8, 4) is 0 Å². The van der Waals surface area contributed by atoms with E-state index in [9.17, 15) is 4.79 Å². The second kappa shape index (κ2) is 4.95. The minimum absolute atomic E-state index is 0.0855. The average Bonchev–Trinajstić information content (AvgIpc) is 2.98. The molecule has 0 fully saturated rings. The molecule has 2 heterocycles. The van der Waals surface area contributed by atoms with Gasteiger partial charge in [-0.1, -0.05) is 24.3 Å². The van der Waals surface area contributed by atoms with E-state index in [0.717, 1.165) is 11.1 Å². The van der Waals surface area contributed by atoms with E-state index < -0.39 is 0 Å². The maximum absolute atomic E-state index is 12.9. The molecule has 2 aromatic carbocycles. The molecule has 1 aliphatic rings. The molecule has 4 rings (SSSR count). The number of aromatic nitrogens is 2. The van der Waals surface area contributed by atoms with Gasteiger partial charge in [0, 0.05) is 24.2 Å². The van der Waals surface area contributed by atoms with Crippen LogP contribution in [0.25, 0.3) is 10.9 Å². The Balaban J connectivity index is 1.78. The molecule has 0 aliphatic carbocycles. The number of hydrogen-bond acceptors (Lipinski definition) is 5. The Bertz CT molecular complexity index is 912. The highest BCUT2D eigenvalue weighted by atomic mass is 16.2. The van der Waals surface area contributed by atoms with Gasteiger partial charge in [-0.05, 0) is 29.3 Å². The smallest absolute Gasteiger partial charge is 0.273 e. The van der Waals surface area contributed by atoms with Crippen LogP contribution in [0.5, 0.6) is 0 Å². The highest BCUT2D eigenvalue weighted by molar-refractivity contribution is 6.05. The fraction of sp³-hybridized carbons (Fsp3) is 0.118. The third kappa shape index (κ3) is 2.24. The molecular formula is C17H15N5O. The van der Waals surface area contributed by atoms with Crippen LogP contribution in [-0.4, -0.2) is 20.8 Å². The molecule has 0 saturated heterocycles. The summed E-state index contributed by atoms with van der Waals surface area (Å²) in [7, 11) is 0. The Morgan fingerprint density at radius 2 is 1.70 bits per heavy atom. The summed E-state index contributed by atoms with van der Waals surface area (Å²) in [5, 5.41) is 0.625. The normalized spacial score (nSPS) is 13.3. The molecular weight excluding hydrogens is 290 g/mol. The molecule has 0 spiro atoms. The lowest BCUT2D eigenvalue weighted by atomic mass is 10.1. The quantitative estimate of drug-likeness (QED) is 0.670. The van der Waals surface area contributed by atoms with Crippen molar-refractivity contribution in [2.75, 3.05) is 11.5 Å². The van der Waals surface area contributed by atoms with Gasteiger partial charge >= 0.3 is 0 Å². The summed E-state index contributed by atoms with van der Waals surface area (Å²) >= 11 is 0. The zero-order valence-electron chi connectivity index (χ0n) is 12.4. The summed E-state index contributed by atoms with van der Waals surface area (Å²) < 4.78 is 0. The number of carbonyl (C=O) groups is 1. The first-order chi connectivity index (χ1) is 11.1. The topological polar surface area (TPSA) is 98.1 Å². The molecule has 1 amide bonds. The lowest BCUT2D eigenvalue weighted by Crippen LogP contribution is -2.27. The Labute approximate surface area is 132 Å². The van der Waals surface area contributed by atoms with Gasteiger partial charge in [-0.25, -0.2) is 9.97 Å². The van der Waals surface area contributed by atoms with Gasteiger partial charge < -0.3 is 16.4 Å². The number of fused-ring (bicyclic) bond motifs is 2. The molecule has 114 valence electrons. The lowest BCUT2D eigenvalue weighted by Gasteiger charge is -2.16. The van der Waals surface area contributed by atoms with Crippen molar-refractivity contribution in [2.45, 2.75) is 13.1 Å². The van der Waals surface area contributed by atoms with E-state index in [4.69, 9.17) is 11.5 Å². The summed E-state index contributed by atoms with van der Waals surface area (Å²) in [5.41, 5.74) is 15.4. The first kappa shape index (κ1) is 13.5. The lowest BCUT2D eigenvalue weighted by molar-refractivity contribution is 0.0747. The van der Waals surface area contributed by atoms with Crippen LogP contribution in [-0.2, 0) is 13.1 Å². The number of rotatable bonds is 1. The van der Waals surface area contributed by atoms with Crippen molar-refractivity contribution in [2.24, 2.45) is 0 Å². The fourth-order valence-electron chi connectivity index (χ4n) is 2.95. The molecule has 0 radical (unpaired) electrons. The van der Waals surface area contributed by atoms with Crippen molar-refractivity contribution in [3.63, 3.8) is 0 Å². The largest absolute Gasteiger partial charge is 0.399 e. The SMILES string of the molecule is Nc1ccc2nc(N)nc(C(=O)N3Cc4ccccc4C3)c2c1. The number of carbonyl (C=O) groups excluding carboxylic acids is 1. The van der Waals surface area contributed by atoms with Crippen molar-refractivity contribution < 1.29 is 4.79 Å². The van der Waals surface area contributed by atoms with Crippen LogP contribution in [0.4, 0.5) is 11.6 Å².